The molecule has 9 heteroatoms. The van der Waals surface area contributed by atoms with Crippen LogP contribution >= 0.6 is 38.6 Å². The number of esters is 1. The predicted octanol–water partition coefficient (Wildman–Crippen LogP) is 7.31. The quantitative estimate of drug-likeness (QED) is 0.242. The molecule has 1 amide bonds. The van der Waals surface area contributed by atoms with Crippen molar-refractivity contribution in [2.24, 2.45) is 0 Å². The topological polar surface area (TPSA) is 94.3 Å². The summed E-state index contributed by atoms with van der Waals surface area (Å²) in [5, 5.41) is 5.91. The summed E-state index contributed by atoms with van der Waals surface area (Å²) in [5.74, 6) is -0.603. The first-order chi connectivity index (χ1) is 16.2. The van der Waals surface area contributed by atoms with Crippen molar-refractivity contribution in [3.8, 4) is 11.1 Å². The highest BCUT2D eigenvalue weighted by Gasteiger charge is 2.26. The molecule has 176 valence electrons. The highest BCUT2D eigenvalue weighted by Crippen LogP contribution is 2.39. The Hall–Kier alpha value is -2.75. The fraction of sp³-hybridized carbons (Fsp3) is 0.240. The molecule has 4 aromatic rings. The van der Waals surface area contributed by atoms with Crippen LogP contribution in [0.1, 0.15) is 59.3 Å². The molecule has 0 radical (unpaired) electrons. The molecule has 0 fully saturated rings. The molecule has 3 N–H and O–H groups in total. The van der Waals surface area contributed by atoms with E-state index in [0.717, 1.165) is 25.9 Å². The number of nitrogen functional groups attached to an aromatic ring is 1. The van der Waals surface area contributed by atoms with Crippen molar-refractivity contribution in [2.45, 2.75) is 39.7 Å². The number of nitrogens with one attached hydrogen (secondary N) is 1. The SMILES string of the molecule is CC(C)OC(=O)c1c(-c2ccc(Br)cc2)csc1NC(=O)c1sc2nc(C(C)C)ccc2c1N. The van der Waals surface area contributed by atoms with Gasteiger partial charge in [0.15, 0.2) is 0 Å². The van der Waals surface area contributed by atoms with Crippen LogP contribution in [0.25, 0.3) is 21.3 Å². The van der Waals surface area contributed by atoms with E-state index in [1.54, 1.807) is 13.8 Å². The number of carbonyl (C=O) groups is 2. The zero-order chi connectivity index (χ0) is 24.6. The van der Waals surface area contributed by atoms with E-state index in [-0.39, 0.29) is 17.9 Å². The van der Waals surface area contributed by atoms with E-state index >= 15 is 0 Å². The van der Waals surface area contributed by atoms with E-state index in [9.17, 15) is 9.59 Å². The van der Waals surface area contributed by atoms with Crippen molar-refractivity contribution >= 4 is 71.4 Å². The van der Waals surface area contributed by atoms with Crippen molar-refractivity contribution in [1.29, 1.82) is 0 Å². The molecular formula is C25H24BrN3O3S2. The van der Waals surface area contributed by atoms with Gasteiger partial charge in [0.1, 0.15) is 20.3 Å². The smallest absolute Gasteiger partial charge is 0.342 e. The van der Waals surface area contributed by atoms with Crippen LogP contribution in [-0.2, 0) is 4.74 Å². The van der Waals surface area contributed by atoms with Gasteiger partial charge in [0.05, 0.1) is 11.8 Å². The first-order valence-electron chi connectivity index (χ1n) is 10.7. The molecule has 0 unspecified atom stereocenters. The molecule has 34 heavy (non-hydrogen) atoms. The van der Waals surface area contributed by atoms with Crippen LogP contribution in [0.3, 0.4) is 0 Å². The van der Waals surface area contributed by atoms with E-state index in [4.69, 9.17) is 10.5 Å². The summed E-state index contributed by atoms with van der Waals surface area (Å²) in [6.45, 7) is 7.71. The minimum Gasteiger partial charge on any atom is -0.459 e. The summed E-state index contributed by atoms with van der Waals surface area (Å²) < 4.78 is 6.42. The number of carbonyl (C=O) groups excluding carboxylic acids is 2. The predicted molar refractivity (Wildman–Crippen MR) is 144 cm³/mol. The molecule has 1 aromatic carbocycles. The summed E-state index contributed by atoms with van der Waals surface area (Å²) in [6.07, 6.45) is -0.298. The molecule has 0 atom stereocenters. The second kappa shape index (κ2) is 9.85. The molecule has 3 heterocycles. The zero-order valence-corrected chi connectivity index (χ0v) is 22.4. The van der Waals surface area contributed by atoms with Crippen LogP contribution in [0, 0.1) is 0 Å². The van der Waals surface area contributed by atoms with Gasteiger partial charge < -0.3 is 15.8 Å². The lowest BCUT2D eigenvalue weighted by Gasteiger charge is -2.11. The maximum Gasteiger partial charge on any atom is 0.342 e. The molecule has 0 saturated heterocycles. The van der Waals surface area contributed by atoms with Crippen molar-refractivity contribution in [3.63, 3.8) is 0 Å². The van der Waals surface area contributed by atoms with Gasteiger partial charge >= 0.3 is 5.97 Å². The average molecular weight is 559 g/mol. The first-order valence-corrected chi connectivity index (χ1v) is 13.2. The number of nitrogens with two attached hydrogens (primary N) is 1. The highest BCUT2D eigenvalue weighted by molar-refractivity contribution is 9.10. The number of fused-ring (bicyclic) bond motifs is 1. The zero-order valence-electron chi connectivity index (χ0n) is 19.1. The van der Waals surface area contributed by atoms with Gasteiger partial charge in [-0.3, -0.25) is 4.79 Å². The average Bonchev–Trinajstić information content (AvgIpc) is 3.34. The van der Waals surface area contributed by atoms with Crippen molar-refractivity contribution in [3.05, 3.63) is 62.4 Å². The summed E-state index contributed by atoms with van der Waals surface area (Å²) in [6, 6.07) is 11.5. The number of pyridine rings is 1. The van der Waals surface area contributed by atoms with E-state index in [1.165, 1.54) is 22.7 Å². The minimum atomic E-state index is -0.489. The van der Waals surface area contributed by atoms with Gasteiger partial charge in [-0.2, -0.15) is 0 Å². The fourth-order valence-electron chi connectivity index (χ4n) is 3.43. The number of nitrogens with zero attached hydrogens (tertiary/aromatic N) is 1. The molecule has 0 aliphatic rings. The number of hydrogen-bond acceptors (Lipinski definition) is 7. The molecule has 0 saturated carbocycles. The number of halogens is 1. The first kappa shape index (κ1) is 24.4. The Morgan fingerprint density at radius 1 is 1.09 bits per heavy atom. The largest absolute Gasteiger partial charge is 0.459 e. The number of ether oxygens (including phenoxy) is 1. The molecule has 0 aliphatic heterocycles. The van der Waals surface area contributed by atoms with Crippen LogP contribution in [0.4, 0.5) is 10.7 Å². The van der Waals surface area contributed by atoms with Crippen LogP contribution in [0.5, 0.6) is 0 Å². The molecule has 0 aliphatic carbocycles. The third-order valence-corrected chi connectivity index (χ3v) is 7.67. The number of anilines is 2. The van der Waals surface area contributed by atoms with Crippen LogP contribution in [-0.4, -0.2) is 23.0 Å². The molecular weight excluding hydrogens is 534 g/mol. The van der Waals surface area contributed by atoms with E-state index < -0.39 is 5.97 Å². The Balaban J connectivity index is 1.72. The fourth-order valence-corrected chi connectivity index (χ4v) is 5.64. The number of rotatable bonds is 6. The van der Waals surface area contributed by atoms with Crippen molar-refractivity contribution < 1.29 is 14.3 Å². The molecule has 0 bridgehead atoms. The number of amides is 1. The van der Waals surface area contributed by atoms with E-state index in [2.05, 4.69) is 40.1 Å². The molecule has 6 nitrogen and oxygen atoms in total. The number of benzene rings is 1. The summed E-state index contributed by atoms with van der Waals surface area (Å²) in [4.78, 5) is 32.0. The van der Waals surface area contributed by atoms with E-state index in [1.807, 2.05) is 41.8 Å². The second-order valence-corrected chi connectivity index (χ2v) is 11.2. The Morgan fingerprint density at radius 2 is 1.79 bits per heavy atom. The normalized spacial score (nSPS) is 11.4. The van der Waals surface area contributed by atoms with Crippen LogP contribution in [0.2, 0.25) is 0 Å². The van der Waals surface area contributed by atoms with Gasteiger partial charge in [-0.25, -0.2) is 9.78 Å². The monoisotopic (exact) mass is 557 g/mol. The molecule has 4 rings (SSSR count). The van der Waals surface area contributed by atoms with Gasteiger partial charge in [0, 0.05) is 26.5 Å². The Morgan fingerprint density at radius 3 is 2.44 bits per heavy atom. The Kier molecular flexibility index (Phi) is 7.06. The lowest BCUT2D eigenvalue weighted by atomic mass is 10.0. The van der Waals surface area contributed by atoms with Gasteiger partial charge in [-0.15, -0.1) is 22.7 Å². The Bertz CT molecular complexity index is 1370. The second-order valence-electron chi connectivity index (χ2n) is 8.36. The Labute approximate surface area is 214 Å². The van der Waals surface area contributed by atoms with E-state index in [0.29, 0.717) is 26.7 Å². The van der Waals surface area contributed by atoms with Crippen LogP contribution in [0.15, 0.2) is 46.3 Å². The minimum absolute atomic E-state index is 0.266. The number of hydrogen-bond donors (Lipinski definition) is 2. The summed E-state index contributed by atoms with van der Waals surface area (Å²) >= 11 is 5.96. The van der Waals surface area contributed by atoms with Gasteiger partial charge in [-0.1, -0.05) is 41.9 Å². The summed E-state index contributed by atoms with van der Waals surface area (Å²) in [7, 11) is 0. The number of thiophene rings is 2. The number of aromatic nitrogens is 1. The van der Waals surface area contributed by atoms with Gasteiger partial charge in [0.2, 0.25) is 0 Å². The van der Waals surface area contributed by atoms with Crippen LogP contribution < -0.4 is 11.1 Å². The van der Waals surface area contributed by atoms with Gasteiger partial charge in [0.25, 0.3) is 5.91 Å². The summed E-state index contributed by atoms with van der Waals surface area (Å²) in [5.41, 5.74) is 9.52. The van der Waals surface area contributed by atoms with Crippen molar-refractivity contribution in [2.75, 3.05) is 11.1 Å². The third-order valence-electron chi connectivity index (χ3n) is 5.13. The molecule has 3 aromatic heterocycles. The third kappa shape index (κ3) is 4.87. The van der Waals surface area contributed by atoms with Crippen molar-refractivity contribution in [1.82, 2.24) is 4.98 Å². The lowest BCUT2D eigenvalue weighted by Crippen LogP contribution is -2.16. The molecule has 0 spiro atoms. The standard InChI is InChI=1S/C25H24BrN3O3S2/c1-12(2)18-10-9-16-20(27)21(34-23(16)28-18)22(30)29-24-19(25(31)32-13(3)4)17(11-33-24)14-5-7-15(26)8-6-14/h5-13H,27H2,1-4H3,(H,29,30). The highest BCUT2D eigenvalue weighted by atomic mass is 79.9. The maximum absolute atomic E-state index is 13.3. The maximum atomic E-state index is 13.3. The van der Waals surface area contributed by atoms with Gasteiger partial charge in [-0.05, 0) is 49.6 Å². The lowest BCUT2D eigenvalue weighted by molar-refractivity contribution is 0.0380.